The van der Waals surface area contributed by atoms with Crippen molar-refractivity contribution in [3.05, 3.63) is 219 Å². The number of carbonyl (C=O) groups excluding carboxylic acids is 1. The van der Waals surface area contributed by atoms with Crippen LogP contribution in [0.25, 0.3) is 10.8 Å². The van der Waals surface area contributed by atoms with Crippen molar-refractivity contribution in [1.82, 2.24) is 10.3 Å². The van der Waals surface area contributed by atoms with Crippen molar-refractivity contribution in [1.29, 1.82) is 0 Å². The molecule has 16 heteroatoms. The lowest BCUT2D eigenvalue weighted by Gasteiger charge is -2.53. The number of ketones is 1. The molecule has 3 saturated carbocycles. The molecule has 0 saturated heterocycles. The molecular formula is C80H92N2O10S4. The molecule has 0 unspecified atom stereocenters. The average Bonchev–Trinajstić information content (AvgIpc) is 0.747. The molecule has 5 aliphatic rings. The Morgan fingerprint density at radius 3 is 2.34 bits per heavy atom. The van der Waals surface area contributed by atoms with Crippen LogP contribution in [0.5, 0.6) is 28.7 Å². The predicted octanol–water partition coefficient (Wildman–Crippen LogP) is 15.3. The van der Waals surface area contributed by atoms with E-state index in [-0.39, 0.29) is 48.2 Å². The van der Waals surface area contributed by atoms with Gasteiger partial charge >= 0.3 is 0 Å². The molecule has 0 amide bonds. The topological polar surface area (TPSA) is 194 Å². The quantitative estimate of drug-likeness (QED) is 0.0357. The molecule has 2 bridgehead atoms. The first-order valence-electron chi connectivity index (χ1n) is 34.6. The van der Waals surface area contributed by atoms with Gasteiger partial charge in [0.2, 0.25) is 0 Å². The molecule has 13 rings (SSSR count). The number of aromatic hydroxyl groups is 2. The summed E-state index contributed by atoms with van der Waals surface area (Å²) < 4.78 is 19.2. The van der Waals surface area contributed by atoms with Crippen LogP contribution in [0.1, 0.15) is 143 Å². The summed E-state index contributed by atoms with van der Waals surface area (Å²) in [7, 11) is 10.2. The van der Waals surface area contributed by atoms with Crippen LogP contribution < -0.4 is 19.5 Å². The number of phenolic OH excluding ortho intramolecular Hbond substituents is 2. The standard InChI is InChI=1S/C80H92N2O10S4/c1-4-52-23-24-53-20-12-21-64-72(44-83)96-95-46-60-37-73(87)80(67-47-94-93-45-58-19-10-11-22-69(58)92-71-36-57(67)26-28-70(71)91-48-84,78(89)75(60)76(88)59(34-51-29-31-82-43-51)35-56-25-27-68(86)77(90-3)66(56)41-65(52)74(53)64)62-38-61(39-63(85)40-62)79(81-2)30-13-16-50(42-79)33-55-18-9-8-17-54(55)32-49-14-6-5-7-15-49/h5-9,12,14-15,17-18,20-21,23-29,31,36,38-40,43,50,58-60,67,69,72-73,75-76,81-88H,4,10-11,13,16,19,22,30,32-35,37,41-42,44-48H2,1-3H3/t50-,58-,59-,60+,67+,69+,72+,73+,75-,76+,79-,80+/m1/s1. The Morgan fingerprint density at radius 1 is 0.750 bits per heavy atom. The number of carbonyl (C=O) groups is 1. The first-order valence-corrected chi connectivity index (χ1v) is 39.5. The van der Waals surface area contributed by atoms with Crippen LogP contribution >= 0.6 is 43.2 Å². The van der Waals surface area contributed by atoms with E-state index >= 15 is 4.79 Å². The predicted molar refractivity (Wildman–Crippen MR) is 391 cm³/mol. The largest absolute Gasteiger partial charge is 0.508 e. The lowest BCUT2D eigenvalue weighted by molar-refractivity contribution is -0.150. The Balaban J connectivity index is 0.989. The van der Waals surface area contributed by atoms with Gasteiger partial charge in [0.15, 0.2) is 35.6 Å². The summed E-state index contributed by atoms with van der Waals surface area (Å²) in [5.41, 5.74) is 9.31. The molecule has 0 spiro atoms. The number of aliphatic hydroxyl groups is 4. The second-order valence-electron chi connectivity index (χ2n) is 27.6. The first kappa shape index (κ1) is 68.5. The van der Waals surface area contributed by atoms with Crippen LogP contribution in [0.15, 0.2) is 152 Å². The van der Waals surface area contributed by atoms with Gasteiger partial charge in [0.25, 0.3) is 0 Å². The zero-order chi connectivity index (χ0) is 66.5. The van der Waals surface area contributed by atoms with Crippen LogP contribution in [-0.2, 0) is 54.3 Å². The zero-order valence-corrected chi connectivity index (χ0v) is 58.6. The molecule has 12 nitrogen and oxygen atoms in total. The Morgan fingerprint density at radius 2 is 1.55 bits per heavy atom. The highest BCUT2D eigenvalue weighted by Crippen LogP contribution is 2.58. The maximum Gasteiger partial charge on any atom is 0.186 e. The fourth-order valence-electron chi connectivity index (χ4n) is 17.5. The van der Waals surface area contributed by atoms with Crippen LogP contribution in [-0.4, -0.2) is 105 Å². The number of aromatic nitrogens is 1. The van der Waals surface area contributed by atoms with Crippen molar-refractivity contribution < 1.29 is 49.6 Å². The van der Waals surface area contributed by atoms with Crippen molar-refractivity contribution in [2.45, 2.75) is 144 Å². The number of aromatic amines is 1. The number of ether oxygens (including phenoxy) is 3. The van der Waals surface area contributed by atoms with E-state index in [9.17, 15) is 30.6 Å². The zero-order valence-electron chi connectivity index (χ0n) is 55.3. The van der Waals surface area contributed by atoms with Crippen LogP contribution in [0.2, 0.25) is 0 Å². The molecule has 3 aliphatic carbocycles. The van der Waals surface area contributed by atoms with Crippen LogP contribution in [0, 0.1) is 29.6 Å². The third-order valence-electron chi connectivity index (χ3n) is 22.3. The molecule has 8 aromatic rings. The van der Waals surface area contributed by atoms with Crippen molar-refractivity contribution in [2.24, 2.45) is 29.6 Å². The molecule has 0 radical (unpaired) electrons. The van der Waals surface area contributed by atoms with Gasteiger partial charge in [0, 0.05) is 64.9 Å². The highest BCUT2D eigenvalue weighted by atomic mass is 33.1. The summed E-state index contributed by atoms with van der Waals surface area (Å²) >= 11 is 0. The van der Waals surface area contributed by atoms with Crippen molar-refractivity contribution in [3.63, 3.8) is 0 Å². The van der Waals surface area contributed by atoms with E-state index in [0.29, 0.717) is 53.6 Å². The van der Waals surface area contributed by atoms with Crippen LogP contribution in [0.4, 0.5) is 0 Å². The van der Waals surface area contributed by atoms with Gasteiger partial charge < -0.3 is 55.2 Å². The lowest BCUT2D eigenvalue weighted by Crippen LogP contribution is -2.62. The third-order valence-corrected chi connectivity index (χ3v) is 27.7. The lowest BCUT2D eigenvalue weighted by atomic mass is 9.52. The van der Waals surface area contributed by atoms with Gasteiger partial charge in [-0.2, -0.15) is 0 Å². The van der Waals surface area contributed by atoms with E-state index in [2.05, 4.69) is 102 Å². The van der Waals surface area contributed by atoms with E-state index in [0.717, 1.165) is 132 Å². The second-order valence-corrected chi connectivity index (χ2v) is 32.8. The number of hydrogen-bond acceptors (Lipinski definition) is 15. The van der Waals surface area contributed by atoms with Gasteiger partial charge in [-0.15, -0.1) is 0 Å². The molecule has 96 heavy (non-hydrogen) atoms. The summed E-state index contributed by atoms with van der Waals surface area (Å²) in [6, 6.07) is 47.1. The molecule has 1 aromatic heterocycles. The van der Waals surface area contributed by atoms with Crippen molar-refractivity contribution >= 4 is 59.7 Å². The number of Topliss-reactive ketones (excluding diaryl/α,β-unsaturated/α-hetero) is 1. The second kappa shape index (κ2) is 30.6. The molecule has 12 atom stereocenters. The van der Waals surface area contributed by atoms with Crippen molar-refractivity contribution in [3.8, 4) is 28.7 Å². The van der Waals surface area contributed by atoms with E-state index in [1.54, 1.807) is 62.4 Å². The van der Waals surface area contributed by atoms with E-state index < -0.39 is 58.9 Å². The maximum atomic E-state index is 18.0. The molecule has 3 heterocycles. The van der Waals surface area contributed by atoms with E-state index in [4.69, 9.17) is 14.2 Å². The average molecular weight is 1370 g/mol. The molecule has 7 aromatic carbocycles. The molecule has 3 fully saturated rings. The number of H-pyrrole nitrogens is 1. The van der Waals surface area contributed by atoms with Gasteiger partial charge in [-0.05, 0) is 210 Å². The summed E-state index contributed by atoms with van der Waals surface area (Å²) in [5, 5.41) is 80.4. The smallest absolute Gasteiger partial charge is 0.186 e. The van der Waals surface area contributed by atoms with E-state index in [1.807, 2.05) is 61.9 Å². The van der Waals surface area contributed by atoms with Gasteiger partial charge in [0.1, 0.15) is 11.9 Å². The monoisotopic (exact) mass is 1370 g/mol. The highest BCUT2D eigenvalue weighted by molar-refractivity contribution is 8.77. The Bertz CT molecular complexity index is 3980. The normalized spacial score (nSPS) is 27.3. The number of methoxy groups -OCH3 is 1. The minimum absolute atomic E-state index is 0.00365. The fourth-order valence-corrected chi connectivity index (χ4v) is 23.2. The van der Waals surface area contributed by atoms with Crippen LogP contribution in [0.3, 0.4) is 0 Å². The SMILES string of the molecule is CCc1ccc2cccc3c2c1Cc1c(ccc(O)c1OC)C[C@@H](Cc1cc[nH]c1)[C@H](O)[C@@H]1C(=O)[C@@](c2cc(O)cc([C@@]4(NC)CCC[C@H](Cc5ccccc5Cc5ccccc5)C4)c2)([C@H]2CSSC[C@H]4CCCC[C@@H]4Oc4cc2ccc4OCO)[C@@H](O)C[C@H]1CSS[C@H]3CO. The van der Waals surface area contributed by atoms with Gasteiger partial charge in [-0.25, -0.2) is 0 Å². The number of aliphatic hydroxyl groups excluding tert-OH is 4. The first-order chi connectivity index (χ1) is 46.9. The highest BCUT2D eigenvalue weighted by Gasteiger charge is 2.62. The maximum absolute atomic E-state index is 18.0. The third kappa shape index (κ3) is 13.9. The number of benzene rings is 7. The summed E-state index contributed by atoms with van der Waals surface area (Å²) in [6.07, 6.45) is 12.2. The number of rotatable bonds is 15. The van der Waals surface area contributed by atoms with Gasteiger partial charge in [-0.1, -0.05) is 166 Å². The molecule has 2 aliphatic heterocycles. The number of fused-ring (bicyclic) bond motifs is 5. The Hall–Kier alpha value is -6.05. The number of nitrogens with one attached hydrogen (secondary N) is 2. The van der Waals surface area contributed by atoms with E-state index in [1.165, 1.54) is 16.7 Å². The fraction of sp³-hybridized carbons (Fsp3) is 0.438. The Kier molecular flexibility index (Phi) is 21.8. The summed E-state index contributed by atoms with van der Waals surface area (Å²) in [5.74, 6) is -0.0958. The minimum atomic E-state index is -1.80. The van der Waals surface area contributed by atoms with Crippen molar-refractivity contribution in [2.75, 3.05) is 44.8 Å². The number of aryl methyl sites for hydroxylation is 1. The minimum Gasteiger partial charge on any atom is -0.508 e. The molecule has 506 valence electrons. The molecular weight excluding hydrogens is 1280 g/mol. The Labute approximate surface area is 581 Å². The summed E-state index contributed by atoms with van der Waals surface area (Å²) in [6.45, 7) is 1.41. The summed E-state index contributed by atoms with van der Waals surface area (Å²) in [4.78, 5) is 21.3. The van der Waals surface area contributed by atoms with Gasteiger partial charge in [-0.3, -0.25) is 4.79 Å². The number of hydrogen-bond donors (Lipinski definition) is 8. The van der Waals surface area contributed by atoms with Gasteiger partial charge in [0.05, 0.1) is 36.6 Å². The molecule has 8 N–H and O–H groups in total. The number of phenols is 2.